The second kappa shape index (κ2) is 8.89. The molecule has 0 radical (unpaired) electrons. The number of rotatable bonds is 6. The van der Waals surface area contributed by atoms with E-state index in [9.17, 15) is 0 Å². The molecule has 1 atom stereocenters. The number of ether oxygens (including phenoxy) is 1. The zero-order valence-corrected chi connectivity index (χ0v) is 16.4. The zero-order chi connectivity index (χ0) is 18.5. The van der Waals surface area contributed by atoms with E-state index in [1.54, 1.807) is 0 Å². The molecule has 5 nitrogen and oxygen atoms in total. The third-order valence-corrected chi connectivity index (χ3v) is 6.01. The summed E-state index contributed by atoms with van der Waals surface area (Å²) in [6, 6.07) is 8.97. The topological polar surface area (TPSA) is 42.3 Å². The molecule has 2 aliphatic rings. The molecule has 0 spiro atoms. The zero-order valence-electron chi connectivity index (χ0n) is 16.4. The number of nitrogens with zero attached hydrogens (tertiary/aromatic N) is 3. The van der Waals surface area contributed by atoms with E-state index in [0.717, 1.165) is 50.3 Å². The van der Waals surface area contributed by atoms with E-state index < -0.39 is 0 Å². The van der Waals surface area contributed by atoms with Crippen LogP contribution in [0.2, 0.25) is 0 Å². The fourth-order valence-corrected chi connectivity index (χ4v) is 4.42. The number of aryl methyl sites for hydroxylation is 1. The molecule has 1 aromatic heterocycles. The van der Waals surface area contributed by atoms with Crippen molar-refractivity contribution >= 4 is 0 Å². The van der Waals surface area contributed by atoms with Crippen LogP contribution in [0.4, 0.5) is 0 Å². The van der Waals surface area contributed by atoms with Crippen molar-refractivity contribution < 1.29 is 4.74 Å². The number of hydrogen-bond acceptors (Lipinski definition) is 4. The van der Waals surface area contributed by atoms with Gasteiger partial charge in [0.15, 0.2) is 0 Å². The molecule has 1 unspecified atom stereocenters. The van der Waals surface area contributed by atoms with Gasteiger partial charge < -0.3 is 14.6 Å². The van der Waals surface area contributed by atoms with Crippen molar-refractivity contribution in [2.75, 3.05) is 26.2 Å². The quantitative estimate of drug-likeness (QED) is 0.847. The molecule has 1 aliphatic carbocycles. The van der Waals surface area contributed by atoms with E-state index in [2.05, 4.69) is 51.1 Å². The normalized spacial score (nSPS) is 22.0. The van der Waals surface area contributed by atoms with Crippen molar-refractivity contribution in [2.24, 2.45) is 13.0 Å². The summed E-state index contributed by atoms with van der Waals surface area (Å²) in [5.41, 5.74) is 1.32. The first kappa shape index (κ1) is 18.5. The molecule has 0 bridgehead atoms. The van der Waals surface area contributed by atoms with Crippen molar-refractivity contribution in [3.8, 4) is 5.75 Å². The lowest BCUT2D eigenvalue weighted by Gasteiger charge is -2.35. The van der Waals surface area contributed by atoms with Crippen LogP contribution >= 0.6 is 0 Å². The molecule has 5 heteroatoms. The van der Waals surface area contributed by atoms with Crippen LogP contribution in [0, 0.1) is 5.92 Å². The number of benzene rings is 1. The standard InChI is InChI=1S/C22H32N4O/c1-25-12-11-24-22(25)21-15-23-10-13-26(21)16-19-8-5-9-20(14-19)27-17-18-6-3-2-4-7-18/h5,8-9,11-12,14,18,21,23H,2-4,6-7,10,13,15-17H2,1H3. The molecule has 1 aliphatic heterocycles. The third-order valence-electron chi connectivity index (χ3n) is 6.01. The second-order valence-electron chi connectivity index (χ2n) is 8.05. The lowest BCUT2D eigenvalue weighted by Crippen LogP contribution is -2.46. The lowest BCUT2D eigenvalue weighted by atomic mass is 9.90. The van der Waals surface area contributed by atoms with Crippen LogP contribution < -0.4 is 10.1 Å². The van der Waals surface area contributed by atoms with Crippen LogP contribution in [-0.4, -0.2) is 40.7 Å². The highest BCUT2D eigenvalue weighted by molar-refractivity contribution is 5.28. The van der Waals surface area contributed by atoms with Crippen molar-refractivity contribution in [3.05, 3.63) is 48.0 Å². The Labute approximate surface area is 162 Å². The van der Waals surface area contributed by atoms with Crippen LogP contribution in [0.15, 0.2) is 36.7 Å². The minimum atomic E-state index is 0.311. The van der Waals surface area contributed by atoms with Crippen molar-refractivity contribution in [1.29, 1.82) is 0 Å². The summed E-state index contributed by atoms with van der Waals surface area (Å²) < 4.78 is 8.28. The number of hydrogen-bond donors (Lipinski definition) is 1. The molecule has 146 valence electrons. The van der Waals surface area contributed by atoms with Crippen LogP contribution in [0.1, 0.15) is 49.5 Å². The maximum atomic E-state index is 6.15. The highest BCUT2D eigenvalue weighted by Crippen LogP contribution is 2.26. The van der Waals surface area contributed by atoms with Gasteiger partial charge in [-0.1, -0.05) is 31.4 Å². The summed E-state index contributed by atoms with van der Waals surface area (Å²) in [6.45, 7) is 4.80. The molecule has 1 saturated carbocycles. The number of aromatic nitrogens is 2. The molecule has 2 fully saturated rings. The minimum absolute atomic E-state index is 0.311. The van der Waals surface area contributed by atoms with Gasteiger partial charge >= 0.3 is 0 Å². The first-order valence-corrected chi connectivity index (χ1v) is 10.4. The Morgan fingerprint density at radius 2 is 2.11 bits per heavy atom. The van der Waals surface area contributed by atoms with Gasteiger partial charge in [0, 0.05) is 45.6 Å². The molecule has 27 heavy (non-hydrogen) atoms. The minimum Gasteiger partial charge on any atom is -0.493 e. The van der Waals surface area contributed by atoms with Gasteiger partial charge in [-0.25, -0.2) is 4.98 Å². The van der Waals surface area contributed by atoms with Gasteiger partial charge in [0.05, 0.1) is 12.6 Å². The Morgan fingerprint density at radius 1 is 1.22 bits per heavy atom. The van der Waals surface area contributed by atoms with Crippen molar-refractivity contribution in [2.45, 2.75) is 44.7 Å². The molecule has 1 N–H and O–H groups in total. The van der Waals surface area contributed by atoms with E-state index in [-0.39, 0.29) is 0 Å². The highest BCUT2D eigenvalue weighted by atomic mass is 16.5. The Hall–Kier alpha value is -1.85. The third kappa shape index (κ3) is 4.71. The number of nitrogens with one attached hydrogen (secondary N) is 1. The van der Waals surface area contributed by atoms with E-state index in [4.69, 9.17) is 4.74 Å². The van der Waals surface area contributed by atoms with Crippen LogP contribution in [-0.2, 0) is 13.6 Å². The van der Waals surface area contributed by atoms with Gasteiger partial charge in [-0.2, -0.15) is 0 Å². The SMILES string of the molecule is Cn1ccnc1C1CNCCN1Cc1cccc(OCC2CCCCC2)c1. The predicted octanol–water partition coefficient (Wildman–Crippen LogP) is 3.53. The van der Waals surface area contributed by atoms with Crippen LogP contribution in [0.3, 0.4) is 0 Å². The summed E-state index contributed by atoms with van der Waals surface area (Å²) in [4.78, 5) is 7.11. The molecule has 1 aromatic carbocycles. The Morgan fingerprint density at radius 3 is 2.93 bits per heavy atom. The largest absolute Gasteiger partial charge is 0.493 e. The first-order chi connectivity index (χ1) is 13.3. The average molecular weight is 369 g/mol. The maximum absolute atomic E-state index is 6.15. The van der Waals surface area contributed by atoms with E-state index in [0.29, 0.717) is 6.04 Å². The van der Waals surface area contributed by atoms with E-state index >= 15 is 0 Å². The Bertz CT molecular complexity index is 723. The summed E-state index contributed by atoms with van der Waals surface area (Å²) in [6.07, 6.45) is 10.7. The highest BCUT2D eigenvalue weighted by Gasteiger charge is 2.26. The molecule has 4 rings (SSSR count). The summed E-state index contributed by atoms with van der Waals surface area (Å²) in [5.74, 6) is 2.89. The smallest absolute Gasteiger partial charge is 0.127 e. The molecule has 2 heterocycles. The Kier molecular flexibility index (Phi) is 6.10. The van der Waals surface area contributed by atoms with Crippen molar-refractivity contribution in [3.63, 3.8) is 0 Å². The van der Waals surface area contributed by atoms with Crippen LogP contribution in [0.5, 0.6) is 5.75 Å². The van der Waals surface area contributed by atoms with Gasteiger partial charge in [0.1, 0.15) is 11.6 Å². The Balaban J connectivity index is 1.39. The van der Waals surface area contributed by atoms with Gasteiger partial charge in [0.2, 0.25) is 0 Å². The maximum Gasteiger partial charge on any atom is 0.127 e. The molecule has 1 saturated heterocycles. The van der Waals surface area contributed by atoms with Gasteiger partial charge in [0.25, 0.3) is 0 Å². The summed E-state index contributed by atoms with van der Waals surface area (Å²) >= 11 is 0. The average Bonchev–Trinajstić information content (AvgIpc) is 3.14. The van der Waals surface area contributed by atoms with Crippen molar-refractivity contribution in [1.82, 2.24) is 19.8 Å². The molecular formula is C22H32N4O. The van der Waals surface area contributed by atoms with Gasteiger partial charge in [-0.05, 0) is 36.5 Å². The summed E-state index contributed by atoms with van der Waals surface area (Å²) in [7, 11) is 2.08. The molecule has 2 aromatic rings. The summed E-state index contributed by atoms with van der Waals surface area (Å²) in [5, 5.41) is 3.51. The fraction of sp³-hybridized carbons (Fsp3) is 0.591. The second-order valence-corrected chi connectivity index (χ2v) is 8.05. The number of piperazine rings is 1. The van der Waals surface area contributed by atoms with E-state index in [1.165, 1.54) is 37.7 Å². The first-order valence-electron chi connectivity index (χ1n) is 10.4. The molecule has 0 amide bonds. The predicted molar refractivity (Wildman–Crippen MR) is 108 cm³/mol. The molecular weight excluding hydrogens is 336 g/mol. The van der Waals surface area contributed by atoms with Gasteiger partial charge in [-0.3, -0.25) is 4.90 Å². The lowest BCUT2D eigenvalue weighted by molar-refractivity contribution is 0.144. The van der Waals surface area contributed by atoms with Crippen LogP contribution in [0.25, 0.3) is 0 Å². The van der Waals surface area contributed by atoms with E-state index in [1.807, 2.05) is 12.4 Å². The monoisotopic (exact) mass is 368 g/mol. The fourth-order valence-electron chi connectivity index (χ4n) is 4.42. The van der Waals surface area contributed by atoms with Gasteiger partial charge in [-0.15, -0.1) is 0 Å². The number of imidazole rings is 1.